The summed E-state index contributed by atoms with van der Waals surface area (Å²) in [5.41, 5.74) is 0.740. The molecule has 2 aliphatic rings. The molecule has 1 saturated carbocycles. The normalized spacial score (nSPS) is 19.8. The fourth-order valence-electron chi connectivity index (χ4n) is 2.22. The highest BCUT2D eigenvalue weighted by Gasteiger charge is 2.28. The van der Waals surface area contributed by atoms with Crippen LogP contribution in [-0.2, 0) is 4.79 Å². The van der Waals surface area contributed by atoms with Gasteiger partial charge in [-0.25, -0.2) is 0 Å². The van der Waals surface area contributed by atoms with Crippen molar-refractivity contribution in [3.05, 3.63) is 24.3 Å². The van der Waals surface area contributed by atoms with Crippen LogP contribution in [0.25, 0.3) is 0 Å². The summed E-state index contributed by atoms with van der Waals surface area (Å²) in [6, 6.07) is 7.97. The Balaban J connectivity index is 1.66. The van der Waals surface area contributed by atoms with E-state index in [1.807, 2.05) is 24.3 Å². The van der Waals surface area contributed by atoms with E-state index in [9.17, 15) is 9.90 Å². The maximum absolute atomic E-state index is 11.9. The van der Waals surface area contributed by atoms with E-state index in [0.717, 1.165) is 5.69 Å². The molecular weight excluding hydrogens is 244 g/mol. The van der Waals surface area contributed by atoms with Gasteiger partial charge in [0.05, 0.1) is 18.3 Å². The highest BCUT2D eigenvalue weighted by Crippen LogP contribution is 2.31. The molecule has 0 saturated heterocycles. The summed E-state index contributed by atoms with van der Waals surface area (Å²) in [4.78, 5) is 13.5. The van der Waals surface area contributed by atoms with Crippen molar-refractivity contribution in [2.24, 2.45) is 0 Å². The van der Waals surface area contributed by atoms with Gasteiger partial charge in [0.2, 0.25) is 0 Å². The molecule has 102 valence electrons. The Morgan fingerprint density at radius 1 is 1.42 bits per heavy atom. The molecule has 1 aromatic rings. The third kappa shape index (κ3) is 2.88. The van der Waals surface area contributed by atoms with E-state index >= 15 is 0 Å². The van der Waals surface area contributed by atoms with Gasteiger partial charge in [0.25, 0.3) is 5.91 Å². The molecule has 1 aliphatic heterocycles. The average Bonchev–Trinajstić information content (AvgIpc) is 3.24. The number of nitrogens with one attached hydrogen (secondary N) is 1. The first-order chi connectivity index (χ1) is 9.24. The standard InChI is InChI=1S/C14H18N2O3/c17-11(7-15-10-5-6-10)8-16-12-3-1-2-4-13(12)19-9-14(16)18/h1-4,10-11,15,17H,5-9H2. The maximum atomic E-state index is 11.9. The second-order valence-corrected chi connectivity index (χ2v) is 5.10. The highest BCUT2D eigenvalue weighted by atomic mass is 16.5. The monoisotopic (exact) mass is 262 g/mol. The largest absolute Gasteiger partial charge is 0.482 e. The molecule has 0 aromatic heterocycles. The number of anilines is 1. The van der Waals surface area contributed by atoms with Crippen molar-refractivity contribution >= 4 is 11.6 Å². The number of nitrogens with zero attached hydrogens (tertiary/aromatic N) is 1. The summed E-state index contributed by atoms with van der Waals surface area (Å²) >= 11 is 0. The van der Waals surface area contributed by atoms with Gasteiger partial charge in [-0.05, 0) is 25.0 Å². The summed E-state index contributed by atoms with van der Waals surface area (Å²) in [5, 5.41) is 13.3. The third-order valence-electron chi connectivity index (χ3n) is 3.42. The second kappa shape index (κ2) is 5.19. The van der Waals surface area contributed by atoms with Gasteiger partial charge in [-0.15, -0.1) is 0 Å². The van der Waals surface area contributed by atoms with Gasteiger partial charge in [0.1, 0.15) is 5.75 Å². The smallest absolute Gasteiger partial charge is 0.265 e. The molecule has 19 heavy (non-hydrogen) atoms. The van der Waals surface area contributed by atoms with Crippen LogP contribution in [0.3, 0.4) is 0 Å². The Bertz CT molecular complexity index is 474. The summed E-state index contributed by atoms with van der Waals surface area (Å²) < 4.78 is 5.37. The van der Waals surface area contributed by atoms with Gasteiger partial charge < -0.3 is 20.1 Å². The van der Waals surface area contributed by atoms with Gasteiger partial charge in [0.15, 0.2) is 6.61 Å². The topological polar surface area (TPSA) is 61.8 Å². The lowest BCUT2D eigenvalue weighted by Crippen LogP contribution is -2.45. The van der Waals surface area contributed by atoms with Crippen LogP contribution in [0.15, 0.2) is 24.3 Å². The zero-order valence-electron chi connectivity index (χ0n) is 10.7. The Kier molecular flexibility index (Phi) is 3.40. The third-order valence-corrected chi connectivity index (χ3v) is 3.42. The molecule has 1 amide bonds. The van der Waals surface area contributed by atoms with Gasteiger partial charge in [-0.3, -0.25) is 4.79 Å². The lowest BCUT2D eigenvalue weighted by Gasteiger charge is -2.30. The predicted molar refractivity (Wildman–Crippen MR) is 71.3 cm³/mol. The molecule has 5 heteroatoms. The highest BCUT2D eigenvalue weighted by molar-refractivity contribution is 5.97. The van der Waals surface area contributed by atoms with E-state index in [-0.39, 0.29) is 12.5 Å². The fraction of sp³-hybridized carbons (Fsp3) is 0.500. The molecule has 0 radical (unpaired) electrons. The number of hydrogen-bond acceptors (Lipinski definition) is 4. The SMILES string of the molecule is O=C1COc2ccccc2N1CC(O)CNC1CC1. The number of para-hydroxylation sites is 2. The summed E-state index contributed by atoms with van der Waals surface area (Å²) in [6.07, 6.45) is 1.81. The Morgan fingerprint density at radius 3 is 3.00 bits per heavy atom. The molecule has 3 rings (SSSR count). The minimum absolute atomic E-state index is 0.0415. The number of ether oxygens (including phenoxy) is 1. The van der Waals surface area contributed by atoms with Crippen LogP contribution in [0.4, 0.5) is 5.69 Å². The molecule has 0 spiro atoms. The molecule has 1 fully saturated rings. The van der Waals surface area contributed by atoms with Crippen LogP contribution >= 0.6 is 0 Å². The zero-order chi connectivity index (χ0) is 13.2. The Labute approximate surface area is 112 Å². The minimum atomic E-state index is -0.560. The van der Waals surface area contributed by atoms with E-state index < -0.39 is 6.10 Å². The molecule has 1 atom stereocenters. The lowest BCUT2D eigenvalue weighted by molar-refractivity contribution is -0.121. The van der Waals surface area contributed by atoms with Gasteiger partial charge >= 0.3 is 0 Å². The number of aliphatic hydroxyl groups is 1. The summed E-state index contributed by atoms with van der Waals surface area (Å²) in [7, 11) is 0. The molecule has 1 unspecified atom stereocenters. The number of aliphatic hydroxyl groups excluding tert-OH is 1. The first-order valence-electron chi connectivity index (χ1n) is 6.67. The number of carbonyl (C=O) groups excluding carboxylic acids is 1. The summed E-state index contributed by atoms with van der Waals surface area (Å²) in [5.74, 6) is 0.591. The average molecular weight is 262 g/mol. The van der Waals surface area contributed by atoms with Crippen LogP contribution in [-0.4, -0.2) is 42.9 Å². The van der Waals surface area contributed by atoms with Crippen molar-refractivity contribution in [2.75, 3.05) is 24.6 Å². The van der Waals surface area contributed by atoms with Crippen LogP contribution in [0.1, 0.15) is 12.8 Å². The first-order valence-corrected chi connectivity index (χ1v) is 6.67. The number of fused-ring (bicyclic) bond motifs is 1. The Morgan fingerprint density at radius 2 is 2.21 bits per heavy atom. The van der Waals surface area contributed by atoms with Crippen molar-refractivity contribution < 1.29 is 14.6 Å². The maximum Gasteiger partial charge on any atom is 0.265 e. The quantitative estimate of drug-likeness (QED) is 0.812. The van der Waals surface area contributed by atoms with Gasteiger partial charge in [-0.1, -0.05) is 12.1 Å². The molecular formula is C14H18N2O3. The first kappa shape index (κ1) is 12.4. The molecule has 0 bridgehead atoms. The number of hydrogen-bond donors (Lipinski definition) is 2. The Hall–Kier alpha value is -1.59. The van der Waals surface area contributed by atoms with Gasteiger partial charge in [0, 0.05) is 12.6 Å². The number of amides is 1. The minimum Gasteiger partial charge on any atom is -0.482 e. The fourth-order valence-corrected chi connectivity index (χ4v) is 2.22. The van der Waals surface area contributed by atoms with E-state index in [0.29, 0.717) is 24.9 Å². The summed E-state index contributed by atoms with van der Waals surface area (Å²) in [6.45, 7) is 0.871. The van der Waals surface area contributed by atoms with Crippen molar-refractivity contribution in [1.82, 2.24) is 5.32 Å². The van der Waals surface area contributed by atoms with Crippen molar-refractivity contribution in [3.63, 3.8) is 0 Å². The van der Waals surface area contributed by atoms with Crippen LogP contribution in [0.2, 0.25) is 0 Å². The molecule has 2 N–H and O–H groups in total. The number of β-amino-alcohol motifs (C(OH)–C–C–N with tert-alkyl or cyclic N) is 1. The van der Waals surface area contributed by atoms with E-state index in [4.69, 9.17) is 4.74 Å². The van der Waals surface area contributed by atoms with Crippen molar-refractivity contribution in [2.45, 2.75) is 25.0 Å². The number of benzene rings is 1. The van der Waals surface area contributed by atoms with Crippen LogP contribution in [0.5, 0.6) is 5.75 Å². The van der Waals surface area contributed by atoms with E-state index in [2.05, 4.69) is 5.32 Å². The zero-order valence-corrected chi connectivity index (χ0v) is 10.7. The lowest BCUT2D eigenvalue weighted by atomic mass is 10.2. The molecule has 1 aliphatic carbocycles. The molecule has 1 aromatic carbocycles. The van der Waals surface area contributed by atoms with Crippen molar-refractivity contribution in [3.8, 4) is 5.75 Å². The molecule has 5 nitrogen and oxygen atoms in total. The predicted octanol–water partition coefficient (Wildman–Crippen LogP) is 0.525. The second-order valence-electron chi connectivity index (χ2n) is 5.10. The van der Waals surface area contributed by atoms with E-state index in [1.165, 1.54) is 12.8 Å². The van der Waals surface area contributed by atoms with Crippen molar-refractivity contribution in [1.29, 1.82) is 0 Å². The number of carbonyl (C=O) groups is 1. The van der Waals surface area contributed by atoms with Crippen LogP contribution in [0, 0.1) is 0 Å². The van der Waals surface area contributed by atoms with Gasteiger partial charge in [-0.2, -0.15) is 0 Å². The number of rotatable bonds is 5. The van der Waals surface area contributed by atoms with Crippen LogP contribution < -0.4 is 15.0 Å². The molecule has 1 heterocycles. The van der Waals surface area contributed by atoms with E-state index in [1.54, 1.807) is 4.90 Å².